The molecule has 5 rings (SSSR count). The highest BCUT2D eigenvalue weighted by Gasteiger charge is 2.58. The van der Waals surface area contributed by atoms with Crippen LogP contribution in [0.5, 0.6) is 0 Å². The van der Waals surface area contributed by atoms with Gasteiger partial charge in [-0.3, -0.25) is 14.7 Å². The number of rotatable bonds is 6. The number of imide groups is 1. The van der Waals surface area contributed by atoms with Crippen LogP contribution in [0.3, 0.4) is 0 Å². The number of alkyl carbamates (subject to hydrolysis) is 1. The van der Waals surface area contributed by atoms with Gasteiger partial charge in [0.25, 0.3) is 5.91 Å². The first-order chi connectivity index (χ1) is 16.9. The van der Waals surface area contributed by atoms with E-state index in [1.165, 1.54) is 6.33 Å². The maximum Gasteiger partial charge on any atom is 0.413 e. The average molecular weight is 482 g/mol. The maximum absolute atomic E-state index is 12.8. The molecule has 0 radical (unpaired) electrons. The van der Waals surface area contributed by atoms with Crippen LogP contribution in [-0.4, -0.2) is 62.2 Å². The van der Waals surface area contributed by atoms with Gasteiger partial charge in [-0.2, -0.15) is 0 Å². The maximum atomic E-state index is 12.8. The zero-order chi connectivity index (χ0) is 24.6. The number of amides is 2. The monoisotopic (exact) mass is 482 g/mol. The van der Waals surface area contributed by atoms with E-state index in [0.717, 1.165) is 5.56 Å². The fourth-order valence-corrected chi connectivity index (χ4v) is 4.30. The second-order valence-electron chi connectivity index (χ2n) is 8.61. The number of hydrogen-bond acceptors (Lipinski definition) is 10. The van der Waals surface area contributed by atoms with E-state index in [9.17, 15) is 9.59 Å². The van der Waals surface area contributed by atoms with Crippen LogP contribution in [0.15, 0.2) is 43.0 Å². The summed E-state index contributed by atoms with van der Waals surface area (Å²) in [4.78, 5) is 37.8. The van der Waals surface area contributed by atoms with Crippen molar-refractivity contribution in [2.24, 2.45) is 0 Å². The summed E-state index contributed by atoms with van der Waals surface area (Å²) in [6.07, 6.45) is -1.13. The highest BCUT2D eigenvalue weighted by Crippen LogP contribution is 2.44. The van der Waals surface area contributed by atoms with Gasteiger partial charge in [-0.1, -0.05) is 30.3 Å². The lowest BCUT2D eigenvalue weighted by Crippen LogP contribution is -2.45. The number of ether oxygens (including phenoxy) is 4. The molecule has 35 heavy (non-hydrogen) atoms. The van der Waals surface area contributed by atoms with E-state index in [-0.39, 0.29) is 6.61 Å². The van der Waals surface area contributed by atoms with Crippen molar-refractivity contribution < 1.29 is 28.5 Å². The lowest BCUT2D eigenvalue weighted by molar-refractivity contribution is -0.197. The van der Waals surface area contributed by atoms with Crippen LogP contribution in [0, 0.1) is 0 Å². The van der Waals surface area contributed by atoms with Crippen molar-refractivity contribution in [1.82, 2.24) is 24.8 Å². The largest absolute Gasteiger partial charge is 0.450 e. The summed E-state index contributed by atoms with van der Waals surface area (Å²) in [5.74, 6) is -1.06. The predicted molar refractivity (Wildman–Crippen MR) is 122 cm³/mol. The first-order valence-corrected chi connectivity index (χ1v) is 11.3. The van der Waals surface area contributed by atoms with Crippen molar-refractivity contribution in [3.05, 3.63) is 48.5 Å². The Morgan fingerprint density at radius 3 is 2.66 bits per heavy atom. The van der Waals surface area contributed by atoms with Gasteiger partial charge in [0.05, 0.1) is 12.9 Å². The lowest BCUT2D eigenvalue weighted by atomic mass is 10.1. The second-order valence-corrected chi connectivity index (χ2v) is 8.61. The van der Waals surface area contributed by atoms with Gasteiger partial charge in [-0.25, -0.2) is 19.7 Å². The molecule has 2 amide bonds. The van der Waals surface area contributed by atoms with Crippen LogP contribution in [-0.2, 0) is 30.3 Å². The number of carbonyl (C=O) groups excluding carboxylic acids is 2. The Kier molecular flexibility index (Phi) is 6.09. The summed E-state index contributed by atoms with van der Waals surface area (Å²) in [5, 5.41) is 5.47. The third kappa shape index (κ3) is 4.55. The molecule has 0 bridgehead atoms. The molecule has 184 valence electrons. The zero-order valence-corrected chi connectivity index (χ0v) is 19.5. The third-order valence-electron chi connectivity index (χ3n) is 5.72. The van der Waals surface area contributed by atoms with Crippen molar-refractivity contribution in [2.75, 3.05) is 11.9 Å². The molecule has 1 aromatic carbocycles. The number of anilines is 1. The summed E-state index contributed by atoms with van der Waals surface area (Å²) < 4.78 is 24.6. The van der Waals surface area contributed by atoms with E-state index in [0.29, 0.717) is 23.5 Å². The van der Waals surface area contributed by atoms with Crippen molar-refractivity contribution in [2.45, 2.75) is 57.6 Å². The van der Waals surface area contributed by atoms with E-state index >= 15 is 0 Å². The molecule has 12 nitrogen and oxygen atoms in total. The standard InChI is InChI=1S/C23H26N6O6/c1-4-32-22(31)28-20(30)16-15-17(35-23(2,3)34-15)21(33-16)29-12-27-14-18(25-11-26-19(14)29)24-10-13-8-6-5-7-9-13/h5-9,11-12,15-17,21H,4,10H2,1-3H3,(H,24,25,26)(H,28,30,31)/t15-,16+,17-,21-/m1/s1. The normalized spacial score (nSPS) is 24.8. The van der Waals surface area contributed by atoms with Gasteiger partial charge in [0.1, 0.15) is 18.5 Å². The molecule has 2 N–H and O–H groups in total. The molecule has 0 unspecified atom stereocenters. The van der Waals surface area contributed by atoms with Gasteiger partial charge < -0.3 is 24.3 Å². The van der Waals surface area contributed by atoms with E-state index in [2.05, 4.69) is 25.6 Å². The molecule has 0 spiro atoms. The molecule has 2 saturated heterocycles. The average Bonchev–Trinajstić information content (AvgIpc) is 3.49. The van der Waals surface area contributed by atoms with Crippen LogP contribution in [0.4, 0.5) is 10.6 Å². The Hall–Kier alpha value is -3.61. The Morgan fingerprint density at radius 2 is 1.89 bits per heavy atom. The van der Waals surface area contributed by atoms with E-state index < -0.39 is 42.3 Å². The Balaban J connectivity index is 1.41. The molecule has 4 atom stereocenters. The second kappa shape index (κ2) is 9.21. The number of aromatic nitrogens is 4. The molecule has 3 aromatic rings. The van der Waals surface area contributed by atoms with Crippen molar-refractivity contribution >= 4 is 29.0 Å². The summed E-state index contributed by atoms with van der Waals surface area (Å²) in [6, 6.07) is 9.91. The summed E-state index contributed by atoms with van der Waals surface area (Å²) in [5.41, 5.74) is 2.13. The molecule has 12 heteroatoms. The molecule has 2 aliphatic rings. The topological polar surface area (TPSA) is 139 Å². The number of carbonyl (C=O) groups is 2. The first kappa shape index (κ1) is 23.1. The number of hydrogen-bond donors (Lipinski definition) is 2. The third-order valence-corrected chi connectivity index (χ3v) is 5.72. The van der Waals surface area contributed by atoms with E-state index in [1.807, 2.05) is 30.3 Å². The van der Waals surface area contributed by atoms with Crippen LogP contribution in [0.2, 0.25) is 0 Å². The molecule has 2 aliphatic heterocycles. The van der Waals surface area contributed by atoms with Gasteiger partial charge in [0.2, 0.25) is 0 Å². The fourth-order valence-electron chi connectivity index (χ4n) is 4.30. The zero-order valence-electron chi connectivity index (χ0n) is 19.5. The molecule has 4 heterocycles. The summed E-state index contributed by atoms with van der Waals surface area (Å²) in [6.45, 7) is 5.84. The minimum Gasteiger partial charge on any atom is -0.450 e. The van der Waals surface area contributed by atoms with E-state index in [4.69, 9.17) is 18.9 Å². The van der Waals surface area contributed by atoms with E-state index in [1.54, 1.807) is 31.7 Å². The van der Waals surface area contributed by atoms with Gasteiger partial charge >= 0.3 is 6.09 Å². The lowest BCUT2D eigenvalue weighted by Gasteiger charge is -2.24. The first-order valence-electron chi connectivity index (χ1n) is 11.3. The molecule has 2 fully saturated rings. The number of fused-ring (bicyclic) bond motifs is 2. The van der Waals surface area contributed by atoms with Crippen molar-refractivity contribution in [1.29, 1.82) is 0 Å². The van der Waals surface area contributed by atoms with Gasteiger partial charge in [-0.15, -0.1) is 0 Å². The Bertz CT molecular complexity index is 1230. The number of benzene rings is 1. The quantitative estimate of drug-likeness (QED) is 0.537. The summed E-state index contributed by atoms with van der Waals surface area (Å²) in [7, 11) is 0. The Labute approximate surface area is 200 Å². The molecular formula is C23H26N6O6. The Morgan fingerprint density at radius 1 is 1.11 bits per heavy atom. The molecular weight excluding hydrogens is 456 g/mol. The smallest absolute Gasteiger partial charge is 0.413 e. The van der Waals surface area contributed by atoms with Crippen LogP contribution in [0.1, 0.15) is 32.6 Å². The highest BCUT2D eigenvalue weighted by atomic mass is 16.8. The number of nitrogens with one attached hydrogen (secondary N) is 2. The van der Waals surface area contributed by atoms with Crippen LogP contribution < -0.4 is 10.6 Å². The molecule has 0 saturated carbocycles. The summed E-state index contributed by atoms with van der Waals surface area (Å²) >= 11 is 0. The minimum atomic E-state index is -1.11. The van der Waals surface area contributed by atoms with Crippen LogP contribution in [0.25, 0.3) is 11.2 Å². The predicted octanol–water partition coefficient (Wildman–Crippen LogP) is 2.13. The van der Waals surface area contributed by atoms with Gasteiger partial charge in [0.15, 0.2) is 35.1 Å². The SMILES string of the molecule is CCOC(=O)NC(=O)[C@H]1O[C@@H](n2cnc3c(NCc4ccccc4)ncnc32)[C@@H]2OC(C)(C)O[C@@H]21. The van der Waals surface area contributed by atoms with Crippen molar-refractivity contribution in [3.63, 3.8) is 0 Å². The van der Waals surface area contributed by atoms with Crippen LogP contribution >= 0.6 is 0 Å². The number of imidazole rings is 1. The minimum absolute atomic E-state index is 0.132. The molecule has 0 aliphatic carbocycles. The number of nitrogens with zero attached hydrogens (tertiary/aromatic N) is 4. The van der Waals surface area contributed by atoms with Crippen molar-refractivity contribution in [3.8, 4) is 0 Å². The van der Waals surface area contributed by atoms with Gasteiger partial charge in [-0.05, 0) is 26.3 Å². The molecule has 2 aromatic heterocycles. The fraction of sp³-hybridized carbons (Fsp3) is 0.435. The van der Waals surface area contributed by atoms with Gasteiger partial charge in [0, 0.05) is 6.54 Å². The highest BCUT2D eigenvalue weighted by molar-refractivity contribution is 5.95.